The number of carboxylic acid groups (broad SMARTS) is 1. The summed E-state index contributed by atoms with van der Waals surface area (Å²) >= 11 is 6.30. The summed E-state index contributed by atoms with van der Waals surface area (Å²) in [6, 6.07) is 21.1. The maximum Gasteiger partial charge on any atom is 0.305 e. The minimum absolute atomic E-state index is 0.0684. The lowest BCUT2D eigenvalue weighted by Crippen LogP contribution is -2.26. The van der Waals surface area contributed by atoms with Crippen LogP contribution in [0.15, 0.2) is 66.7 Å². The molecule has 0 aliphatic carbocycles. The number of rotatable bonds is 11. The average Bonchev–Trinajstić information content (AvgIpc) is 3.26. The SMILES string of the molecule is CCCC(Cc1ccc(C(=O)NCCC(=O)O)cc1)C(=O)c1cc2cc(Cl)ccc2n1-c1cc(C)cc(C)c1. The highest BCUT2D eigenvalue weighted by molar-refractivity contribution is 6.31. The summed E-state index contributed by atoms with van der Waals surface area (Å²) < 4.78 is 2.04. The summed E-state index contributed by atoms with van der Waals surface area (Å²) in [5, 5.41) is 12.9. The zero-order valence-corrected chi connectivity index (χ0v) is 23.2. The number of carbonyl (C=O) groups is 3. The number of halogens is 1. The van der Waals surface area contributed by atoms with E-state index in [2.05, 4.69) is 44.3 Å². The van der Waals surface area contributed by atoms with E-state index in [4.69, 9.17) is 16.7 Å². The summed E-state index contributed by atoms with van der Waals surface area (Å²) in [7, 11) is 0. The molecule has 39 heavy (non-hydrogen) atoms. The van der Waals surface area contributed by atoms with Crippen LogP contribution < -0.4 is 5.32 Å². The normalized spacial score (nSPS) is 11.9. The van der Waals surface area contributed by atoms with Crippen molar-refractivity contribution in [1.29, 1.82) is 0 Å². The molecule has 202 valence electrons. The molecule has 3 aromatic carbocycles. The number of aromatic nitrogens is 1. The molecule has 7 heteroatoms. The monoisotopic (exact) mass is 544 g/mol. The van der Waals surface area contributed by atoms with Gasteiger partial charge >= 0.3 is 5.97 Å². The highest BCUT2D eigenvalue weighted by atomic mass is 35.5. The van der Waals surface area contributed by atoms with E-state index in [0.717, 1.165) is 46.1 Å². The lowest BCUT2D eigenvalue weighted by Gasteiger charge is -2.18. The number of ketones is 1. The second-order valence-electron chi connectivity index (χ2n) is 10.1. The van der Waals surface area contributed by atoms with Gasteiger partial charge in [0.25, 0.3) is 5.91 Å². The van der Waals surface area contributed by atoms with E-state index in [1.165, 1.54) is 0 Å². The van der Waals surface area contributed by atoms with Crippen molar-refractivity contribution in [2.45, 2.75) is 46.5 Å². The van der Waals surface area contributed by atoms with E-state index in [1.54, 1.807) is 12.1 Å². The summed E-state index contributed by atoms with van der Waals surface area (Å²) in [5.74, 6) is -1.45. The zero-order valence-electron chi connectivity index (χ0n) is 22.5. The van der Waals surface area contributed by atoms with Gasteiger partial charge in [0, 0.05) is 34.1 Å². The molecule has 0 spiro atoms. The van der Waals surface area contributed by atoms with E-state index < -0.39 is 5.97 Å². The minimum Gasteiger partial charge on any atom is -0.481 e. The van der Waals surface area contributed by atoms with Gasteiger partial charge in [-0.1, -0.05) is 43.1 Å². The molecule has 0 saturated carbocycles. The molecule has 4 rings (SSSR count). The first kappa shape index (κ1) is 28.1. The number of carbonyl (C=O) groups excluding carboxylic acids is 2. The van der Waals surface area contributed by atoms with Crippen LogP contribution in [0.1, 0.15) is 63.7 Å². The molecular formula is C32H33ClN2O4. The number of aliphatic carboxylic acids is 1. The van der Waals surface area contributed by atoms with Crippen molar-refractivity contribution < 1.29 is 19.5 Å². The number of nitrogens with zero attached hydrogens (tertiary/aromatic N) is 1. The highest BCUT2D eigenvalue weighted by Gasteiger charge is 2.25. The molecule has 0 bridgehead atoms. The minimum atomic E-state index is -0.961. The Hall–Kier alpha value is -3.90. The third kappa shape index (κ3) is 6.76. The lowest BCUT2D eigenvalue weighted by molar-refractivity contribution is -0.136. The van der Waals surface area contributed by atoms with Crippen LogP contribution in [0.5, 0.6) is 0 Å². The van der Waals surface area contributed by atoms with Crippen molar-refractivity contribution in [3.05, 3.63) is 99.7 Å². The van der Waals surface area contributed by atoms with E-state index in [0.29, 0.717) is 22.7 Å². The highest BCUT2D eigenvalue weighted by Crippen LogP contribution is 2.31. The van der Waals surface area contributed by atoms with E-state index in [-0.39, 0.29) is 30.6 Å². The number of hydrogen-bond acceptors (Lipinski definition) is 3. The van der Waals surface area contributed by atoms with Gasteiger partial charge in [-0.25, -0.2) is 0 Å². The maximum atomic E-state index is 14.1. The van der Waals surface area contributed by atoms with Crippen molar-refractivity contribution in [2.24, 2.45) is 5.92 Å². The topological polar surface area (TPSA) is 88.4 Å². The maximum absolute atomic E-state index is 14.1. The van der Waals surface area contributed by atoms with Crippen LogP contribution in [0.2, 0.25) is 5.02 Å². The van der Waals surface area contributed by atoms with Crippen molar-refractivity contribution in [2.75, 3.05) is 6.54 Å². The van der Waals surface area contributed by atoms with Crippen LogP contribution in [0.25, 0.3) is 16.6 Å². The molecular weight excluding hydrogens is 512 g/mol. The predicted octanol–water partition coefficient (Wildman–Crippen LogP) is 6.95. The number of amides is 1. The van der Waals surface area contributed by atoms with Crippen LogP contribution in [0.3, 0.4) is 0 Å². The molecule has 1 atom stereocenters. The summed E-state index contributed by atoms with van der Waals surface area (Å²) in [6.07, 6.45) is 2.00. The third-order valence-corrected chi connectivity index (χ3v) is 7.05. The van der Waals surface area contributed by atoms with Crippen molar-refractivity contribution >= 4 is 40.2 Å². The molecule has 0 fully saturated rings. The van der Waals surface area contributed by atoms with Crippen molar-refractivity contribution in [3.8, 4) is 5.69 Å². The largest absolute Gasteiger partial charge is 0.481 e. The Morgan fingerprint density at radius 1 is 0.949 bits per heavy atom. The van der Waals surface area contributed by atoms with Gasteiger partial charge in [0.2, 0.25) is 0 Å². The molecule has 2 N–H and O–H groups in total. The quantitative estimate of drug-likeness (QED) is 0.200. The van der Waals surface area contributed by atoms with Gasteiger partial charge in [-0.15, -0.1) is 0 Å². The van der Waals surface area contributed by atoms with Gasteiger partial charge in [-0.2, -0.15) is 0 Å². The van der Waals surface area contributed by atoms with Crippen molar-refractivity contribution in [1.82, 2.24) is 9.88 Å². The molecule has 0 aliphatic heterocycles. The zero-order chi connectivity index (χ0) is 28.1. The first-order valence-electron chi connectivity index (χ1n) is 13.2. The molecule has 1 aromatic heterocycles. The first-order chi connectivity index (χ1) is 18.7. The Morgan fingerprint density at radius 2 is 1.64 bits per heavy atom. The van der Waals surface area contributed by atoms with Crippen molar-refractivity contribution in [3.63, 3.8) is 0 Å². The van der Waals surface area contributed by atoms with Crippen LogP contribution in [-0.4, -0.2) is 33.9 Å². The lowest BCUT2D eigenvalue weighted by atomic mass is 9.89. The number of Topliss-reactive ketones (excluding diaryl/α,β-unsaturated/α-hetero) is 1. The fraction of sp³-hybridized carbons (Fsp3) is 0.281. The number of fused-ring (bicyclic) bond motifs is 1. The number of benzene rings is 3. The molecule has 0 saturated heterocycles. The molecule has 0 radical (unpaired) electrons. The summed E-state index contributed by atoms with van der Waals surface area (Å²) in [6.45, 7) is 6.25. The van der Waals surface area contributed by atoms with Crippen LogP contribution in [0, 0.1) is 19.8 Å². The van der Waals surface area contributed by atoms with Gasteiger partial charge in [0.05, 0.1) is 17.6 Å². The summed E-state index contributed by atoms with van der Waals surface area (Å²) in [5.41, 5.74) is 6.16. The van der Waals surface area contributed by atoms with Crippen LogP contribution in [-0.2, 0) is 11.2 Å². The molecule has 1 heterocycles. The molecule has 1 amide bonds. The predicted molar refractivity (Wildman–Crippen MR) is 155 cm³/mol. The second kappa shape index (κ2) is 12.3. The van der Waals surface area contributed by atoms with Gasteiger partial charge in [-0.3, -0.25) is 14.4 Å². The van der Waals surface area contributed by atoms with Gasteiger partial charge in [0.15, 0.2) is 5.78 Å². The van der Waals surface area contributed by atoms with E-state index in [9.17, 15) is 14.4 Å². The molecule has 1 unspecified atom stereocenters. The third-order valence-electron chi connectivity index (χ3n) is 6.81. The Bertz CT molecular complexity index is 1500. The Morgan fingerprint density at radius 3 is 2.28 bits per heavy atom. The fourth-order valence-corrected chi connectivity index (χ4v) is 5.25. The Kier molecular flexibility index (Phi) is 8.87. The number of aryl methyl sites for hydroxylation is 2. The van der Waals surface area contributed by atoms with Gasteiger partial charge < -0.3 is 15.0 Å². The Labute approximate surface area is 233 Å². The molecule has 0 aliphatic rings. The first-order valence-corrected chi connectivity index (χ1v) is 13.6. The molecule has 6 nitrogen and oxygen atoms in total. The second-order valence-corrected chi connectivity index (χ2v) is 10.5. The number of hydrogen-bond donors (Lipinski definition) is 2. The molecule has 4 aromatic rings. The van der Waals surface area contributed by atoms with E-state index in [1.807, 2.05) is 41.0 Å². The standard InChI is InChI=1S/C32H33ClN2O4/c1-4-5-24(17-22-6-8-23(9-7-22)32(39)34-13-12-30(36)37)31(38)29-19-25-18-26(33)10-11-28(25)35(29)27-15-20(2)14-21(3)16-27/h6-11,14-16,18-19,24H,4-5,12-13,17H2,1-3H3,(H,34,39)(H,36,37). The Balaban J connectivity index is 1.64. The van der Waals surface area contributed by atoms with Crippen LogP contribution in [0.4, 0.5) is 0 Å². The average molecular weight is 545 g/mol. The smallest absolute Gasteiger partial charge is 0.305 e. The van der Waals surface area contributed by atoms with Gasteiger partial charge in [0.1, 0.15) is 0 Å². The fourth-order valence-electron chi connectivity index (χ4n) is 5.07. The summed E-state index contributed by atoms with van der Waals surface area (Å²) in [4.78, 5) is 37.1. The van der Waals surface area contributed by atoms with E-state index >= 15 is 0 Å². The number of nitrogens with one attached hydrogen (secondary N) is 1. The van der Waals surface area contributed by atoms with Crippen LogP contribution >= 0.6 is 11.6 Å². The number of carboxylic acids is 1. The van der Waals surface area contributed by atoms with Gasteiger partial charge in [-0.05, 0) is 91.9 Å².